The maximum atomic E-state index is 11.1. The Morgan fingerprint density at radius 3 is 2.67 bits per heavy atom. The van der Waals surface area contributed by atoms with Crippen molar-refractivity contribution in [1.82, 2.24) is 10.6 Å². The van der Waals surface area contributed by atoms with Gasteiger partial charge >= 0.3 is 0 Å². The van der Waals surface area contributed by atoms with Crippen LogP contribution in [0.15, 0.2) is 29.3 Å². The minimum Gasteiger partial charge on any atom is -0.366 e. The first-order chi connectivity index (χ1) is 9.67. The van der Waals surface area contributed by atoms with E-state index in [1.54, 1.807) is 19.2 Å². The Labute approximate surface area is 143 Å². The highest BCUT2D eigenvalue weighted by atomic mass is 127. The van der Waals surface area contributed by atoms with Crippen LogP contribution in [0, 0.1) is 0 Å². The van der Waals surface area contributed by atoms with E-state index in [-0.39, 0.29) is 24.0 Å². The lowest BCUT2D eigenvalue weighted by molar-refractivity contribution is 0.1000. The molecule has 0 saturated heterocycles. The maximum Gasteiger partial charge on any atom is 0.248 e. The molecule has 0 radical (unpaired) electrons. The van der Waals surface area contributed by atoms with Gasteiger partial charge in [-0.25, -0.2) is 0 Å². The fourth-order valence-electron chi connectivity index (χ4n) is 1.82. The molecule has 118 valence electrons. The van der Waals surface area contributed by atoms with Gasteiger partial charge in [-0.15, -0.1) is 24.0 Å². The molecule has 4 N–H and O–H groups in total. The minimum absolute atomic E-state index is 0. The predicted molar refractivity (Wildman–Crippen MR) is 98.1 cm³/mol. The number of halogens is 1. The molecule has 0 heterocycles. The van der Waals surface area contributed by atoms with Crippen LogP contribution in [-0.2, 0) is 6.54 Å². The lowest BCUT2D eigenvalue weighted by atomic mass is 10.1. The topological polar surface area (TPSA) is 79.5 Å². The molecule has 0 aliphatic heterocycles. The molecule has 5 nitrogen and oxygen atoms in total. The molecular weight excluding hydrogens is 379 g/mol. The summed E-state index contributed by atoms with van der Waals surface area (Å²) in [7, 11) is 1.75. The molecule has 0 fully saturated rings. The molecule has 0 saturated carbocycles. The van der Waals surface area contributed by atoms with Crippen LogP contribution < -0.4 is 16.4 Å². The minimum atomic E-state index is -0.408. The second-order valence-corrected chi connectivity index (χ2v) is 4.62. The molecule has 0 aliphatic rings. The lowest BCUT2D eigenvalue weighted by Gasteiger charge is -2.12. The van der Waals surface area contributed by atoms with E-state index < -0.39 is 5.91 Å². The van der Waals surface area contributed by atoms with Crippen molar-refractivity contribution in [2.75, 3.05) is 13.6 Å². The smallest absolute Gasteiger partial charge is 0.248 e. The highest BCUT2D eigenvalue weighted by molar-refractivity contribution is 14.0. The average molecular weight is 404 g/mol. The number of carbonyl (C=O) groups excluding carboxylic acids is 1. The van der Waals surface area contributed by atoms with Gasteiger partial charge < -0.3 is 16.4 Å². The highest BCUT2D eigenvalue weighted by Crippen LogP contribution is 2.04. The Morgan fingerprint density at radius 2 is 2.05 bits per heavy atom. The monoisotopic (exact) mass is 404 g/mol. The Balaban J connectivity index is 0.00000400. The van der Waals surface area contributed by atoms with Crippen LogP contribution in [0.25, 0.3) is 0 Å². The van der Waals surface area contributed by atoms with E-state index >= 15 is 0 Å². The second kappa shape index (κ2) is 11.4. The summed E-state index contributed by atoms with van der Waals surface area (Å²) in [6.07, 6.45) is 3.55. The summed E-state index contributed by atoms with van der Waals surface area (Å²) in [6, 6.07) is 7.28. The number of unbranched alkanes of at least 4 members (excludes halogenated alkanes) is 2. The lowest BCUT2D eigenvalue weighted by Crippen LogP contribution is -2.37. The van der Waals surface area contributed by atoms with Crippen LogP contribution in [0.4, 0.5) is 0 Å². The Bertz CT molecular complexity index is 463. The zero-order valence-corrected chi connectivity index (χ0v) is 15.0. The summed E-state index contributed by atoms with van der Waals surface area (Å²) in [5, 5.41) is 6.47. The molecule has 0 aliphatic carbocycles. The number of nitrogens with two attached hydrogens (primary N) is 1. The van der Waals surface area contributed by atoms with Gasteiger partial charge in [0.15, 0.2) is 5.96 Å². The number of aliphatic imine (C=N–C) groups is 1. The fourth-order valence-corrected chi connectivity index (χ4v) is 1.82. The normalized spacial score (nSPS) is 10.7. The number of rotatable bonds is 7. The molecule has 1 aromatic rings. The van der Waals surface area contributed by atoms with E-state index in [4.69, 9.17) is 5.73 Å². The van der Waals surface area contributed by atoms with E-state index in [1.165, 1.54) is 12.8 Å². The van der Waals surface area contributed by atoms with Crippen molar-refractivity contribution in [3.8, 4) is 0 Å². The Hall–Kier alpha value is -1.31. The summed E-state index contributed by atoms with van der Waals surface area (Å²) >= 11 is 0. The SMILES string of the molecule is CCCCCNC(=NC)NCc1cccc(C(N)=O)c1.I. The number of guanidine groups is 1. The standard InChI is InChI=1S/C15H24N4O.HI/c1-3-4-5-9-18-15(17-2)19-11-12-7-6-8-13(10-12)14(16)20;/h6-8,10H,3-5,9,11H2,1-2H3,(H2,16,20)(H2,17,18,19);1H. The first kappa shape index (κ1) is 19.7. The number of benzene rings is 1. The van der Waals surface area contributed by atoms with Crippen molar-refractivity contribution in [2.45, 2.75) is 32.7 Å². The quantitative estimate of drug-likeness (QED) is 0.282. The number of nitrogens with zero attached hydrogens (tertiary/aromatic N) is 1. The molecule has 1 amide bonds. The van der Waals surface area contributed by atoms with Gasteiger partial charge in [0.1, 0.15) is 0 Å². The summed E-state index contributed by atoms with van der Waals surface area (Å²) in [4.78, 5) is 15.3. The molecular formula is C15H25IN4O. The van der Waals surface area contributed by atoms with Crippen molar-refractivity contribution >= 4 is 35.8 Å². The number of amides is 1. The van der Waals surface area contributed by atoms with Crippen LogP contribution in [0.2, 0.25) is 0 Å². The number of hydrogen-bond donors (Lipinski definition) is 3. The average Bonchev–Trinajstić information content (AvgIpc) is 2.47. The third-order valence-corrected chi connectivity index (χ3v) is 2.97. The van der Waals surface area contributed by atoms with E-state index in [0.29, 0.717) is 12.1 Å². The number of nitrogens with one attached hydrogen (secondary N) is 2. The molecule has 1 aromatic carbocycles. The highest BCUT2D eigenvalue weighted by Gasteiger charge is 2.02. The maximum absolute atomic E-state index is 11.1. The van der Waals surface area contributed by atoms with Gasteiger partial charge in [-0.3, -0.25) is 9.79 Å². The first-order valence-electron chi connectivity index (χ1n) is 7.00. The molecule has 0 spiro atoms. The summed E-state index contributed by atoms with van der Waals surface area (Å²) in [5.74, 6) is 0.361. The number of hydrogen-bond acceptors (Lipinski definition) is 2. The third-order valence-electron chi connectivity index (χ3n) is 2.97. The Kier molecular flexibility index (Phi) is 10.7. The molecule has 1 rings (SSSR count). The molecule has 0 atom stereocenters. The van der Waals surface area contributed by atoms with Crippen LogP contribution >= 0.6 is 24.0 Å². The molecule has 0 bridgehead atoms. The fraction of sp³-hybridized carbons (Fsp3) is 0.467. The van der Waals surface area contributed by atoms with Crippen molar-refractivity contribution in [2.24, 2.45) is 10.7 Å². The van der Waals surface area contributed by atoms with Crippen LogP contribution in [0.3, 0.4) is 0 Å². The second-order valence-electron chi connectivity index (χ2n) is 4.62. The molecule has 6 heteroatoms. The zero-order chi connectivity index (χ0) is 14.8. The van der Waals surface area contributed by atoms with Gasteiger partial charge in [-0.05, 0) is 24.1 Å². The molecule has 0 aromatic heterocycles. The largest absolute Gasteiger partial charge is 0.366 e. The van der Waals surface area contributed by atoms with Gasteiger partial charge in [0.05, 0.1) is 0 Å². The van der Waals surface area contributed by atoms with E-state index in [2.05, 4.69) is 22.5 Å². The zero-order valence-electron chi connectivity index (χ0n) is 12.7. The van der Waals surface area contributed by atoms with E-state index in [0.717, 1.165) is 24.5 Å². The van der Waals surface area contributed by atoms with Crippen LogP contribution in [0.5, 0.6) is 0 Å². The van der Waals surface area contributed by atoms with Gasteiger partial charge in [-0.1, -0.05) is 31.9 Å². The van der Waals surface area contributed by atoms with Crippen LogP contribution in [0.1, 0.15) is 42.1 Å². The van der Waals surface area contributed by atoms with Gasteiger partial charge in [0, 0.05) is 25.7 Å². The summed E-state index contributed by atoms with van der Waals surface area (Å²) in [5.41, 5.74) is 6.78. The molecule has 0 unspecified atom stereocenters. The Morgan fingerprint density at radius 1 is 1.29 bits per heavy atom. The summed E-state index contributed by atoms with van der Waals surface area (Å²) < 4.78 is 0. The summed E-state index contributed by atoms with van der Waals surface area (Å²) in [6.45, 7) is 3.70. The van der Waals surface area contributed by atoms with Crippen molar-refractivity contribution < 1.29 is 4.79 Å². The van der Waals surface area contributed by atoms with Crippen molar-refractivity contribution in [3.05, 3.63) is 35.4 Å². The first-order valence-corrected chi connectivity index (χ1v) is 7.00. The van der Waals surface area contributed by atoms with Crippen LogP contribution in [-0.4, -0.2) is 25.5 Å². The third kappa shape index (κ3) is 7.89. The van der Waals surface area contributed by atoms with E-state index in [9.17, 15) is 4.79 Å². The molecule has 21 heavy (non-hydrogen) atoms. The number of carbonyl (C=O) groups is 1. The van der Waals surface area contributed by atoms with Crippen molar-refractivity contribution in [3.63, 3.8) is 0 Å². The van der Waals surface area contributed by atoms with Gasteiger partial charge in [-0.2, -0.15) is 0 Å². The van der Waals surface area contributed by atoms with Crippen molar-refractivity contribution in [1.29, 1.82) is 0 Å². The predicted octanol–water partition coefficient (Wildman–Crippen LogP) is 2.26. The van der Waals surface area contributed by atoms with Gasteiger partial charge in [0.25, 0.3) is 0 Å². The van der Waals surface area contributed by atoms with E-state index in [1.807, 2.05) is 12.1 Å². The van der Waals surface area contributed by atoms with Gasteiger partial charge in [0.2, 0.25) is 5.91 Å². The number of primary amides is 1.